The summed E-state index contributed by atoms with van der Waals surface area (Å²) in [6.07, 6.45) is 9.09. The summed E-state index contributed by atoms with van der Waals surface area (Å²) in [6, 6.07) is 21.0. The second kappa shape index (κ2) is 9.55. The van der Waals surface area contributed by atoms with Crippen LogP contribution < -0.4 is 10.1 Å². The number of carbonyl (C=O) groups is 1. The molecule has 2 aromatic heterocycles. The van der Waals surface area contributed by atoms with Crippen LogP contribution in [0.2, 0.25) is 0 Å². The third-order valence-electron chi connectivity index (χ3n) is 8.70. The van der Waals surface area contributed by atoms with E-state index in [9.17, 15) is 4.79 Å². The van der Waals surface area contributed by atoms with Crippen LogP contribution in [0.25, 0.3) is 22.2 Å². The minimum Gasteiger partial charge on any atom is -0.490 e. The molecule has 4 heterocycles. The molecule has 7 nitrogen and oxygen atoms in total. The van der Waals surface area contributed by atoms with E-state index in [4.69, 9.17) is 4.74 Å². The van der Waals surface area contributed by atoms with Gasteiger partial charge in [-0.1, -0.05) is 6.07 Å². The Morgan fingerprint density at radius 2 is 1.82 bits per heavy atom. The van der Waals surface area contributed by atoms with Crippen LogP contribution >= 0.6 is 0 Å². The molecule has 3 aliphatic rings. The molecule has 38 heavy (non-hydrogen) atoms. The van der Waals surface area contributed by atoms with Gasteiger partial charge in [0.15, 0.2) is 0 Å². The predicted octanol–water partition coefficient (Wildman–Crippen LogP) is 5.51. The lowest BCUT2D eigenvalue weighted by Gasteiger charge is -2.36. The number of aromatic nitrogens is 3. The Balaban J connectivity index is 1.08. The van der Waals surface area contributed by atoms with Crippen LogP contribution in [0, 0.1) is 5.92 Å². The minimum absolute atomic E-state index is 0.0597. The van der Waals surface area contributed by atoms with Gasteiger partial charge in [-0.15, -0.1) is 0 Å². The van der Waals surface area contributed by atoms with Gasteiger partial charge in [-0.05, 0) is 106 Å². The maximum absolute atomic E-state index is 13.3. The van der Waals surface area contributed by atoms with Gasteiger partial charge in [-0.2, -0.15) is 5.10 Å². The van der Waals surface area contributed by atoms with Crippen molar-refractivity contribution in [2.24, 2.45) is 5.92 Å². The van der Waals surface area contributed by atoms with Crippen LogP contribution in [-0.2, 0) is 0 Å². The molecule has 7 heteroatoms. The van der Waals surface area contributed by atoms with E-state index in [-0.39, 0.29) is 18.1 Å². The Morgan fingerprint density at radius 1 is 1.03 bits per heavy atom. The van der Waals surface area contributed by atoms with Crippen molar-refractivity contribution < 1.29 is 9.53 Å². The normalized spacial score (nSPS) is 23.9. The molecule has 0 spiro atoms. The van der Waals surface area contributed by atoms with Gasteiger partial charge in [0.25, 0.3) is 5.91 Å². The lowest BCUT2D eigenvalue weighted by atomic mass is 10.0. The van der Waals surface area contributed by atoms with E-state index in [1.165, 1.54) is 12.8 Å². The van der Waals surface area contributed by atoms with Crippen LogP contribution in [0.5, 0.6) is 5.75 Å². The fourth-order valence-corrected chi connectivity index (χ4v) is 6.36. The molecular weight excluding hydrogens is 474 g/mol. The van der Waals surface area contributed by atoms with Crippen molar-refractivity contribution in [2.45, 2.75) is 62.8 Å². The Bertz CT molecular complexity index is 1430. The number of hydrogen-bond donors (Lipinski definition) is 2. The zero-order valence-corrected chi connectivity index (χ0v) is 21.6. The number of amides is 1. The highest BCUT2D eigenvalue weighted by molar-refractivity contribution is 6.01. The molecule has 7 rings (SSSR count). The average molecular weight is 508 g/mol. The van der Waals surface area contributed by atoms with Crippen LogP contribution in [0.1, 0.15) is 60.6 Å². The summed E-state index contributed by atoms with van der Waals surface area (Å²) in [5.41, 5.74) is 4.28. The van der Waals surface area contributed by atoms with E-state index in [1.807, 2.05) is 48.5 Å². The first-order chi connectivity index (χ1) is 18.6. The van der Waals surface area contributed by atoms with Crippen LogP contribution in [-0.4, -0.2) is 51.2 Å². The zero-order chi connectivity index (χ0) is 25.6. The Labute approximate surface area is 222 Å². The van der Waals surface area contributed by atoms with Crippen molar-refractivity contribution in [2.75, 3.05) is 7.05 Å². The van der Waals surface area contributed by atoms with Crippen molar-refractivity contribution in [1.82, 2.24) is 25.4 Å². The Hall–Kier alpha value is -3.71. The number of fused-ring (bicyclic) bond motifs is 3. The summed E-state index contributed by atoms with van der Waals surface area (Å²) in [5.74, 6) is 1.27. The molecule has 3 fully saturated rings. The Morgan fingerprint density at radius 3 is 2.53 bits per heavy atom. The molecule has 2 aliphatic heterocycles. The van der Waals surface area contributed by atoms with Crippen molar-refractivity contribution in [1.29, 1.82) is 0 Å². The first kappa shape index (κ1) is 23.4. The Kier molecular flexibility index (Phi) is 5.88. The van der Waals surface area contributed by atoms with Crippen molar-refractivity contribution in [3.63, 3.8) is 0 Å². The second-order valence-corrected chi connectivity index (χ2v) is 11.2. The van der Waals surface area contributed by atoms with E-state index >= 15 is 0 Å². The number of H-pyrrole nitrogens is 1. The van der Waals surface area contributed by atoms with Gasteiger partial charge in [0.2, 0.25) is 0 Å². The molecule has 4 atom stereocenters. The lowest BCUT2D eigenvalue weighted by Crippen LogP contribution is -2.43. The topological polar surface area (TPSA) is 83.1 Å². The highest BCUT2D eigenvalue weighted by Crippen LogP contribution is 2.41. The number of nitrogens with zero attached hydrogens (tertiary/aromatic N) is 3. The number of benzene rings is 2. The number of piperidine rings is 1. The third-order valence-corrected chi connectivity index (χ3v) is 8.70. The van der Waals surface area contributed by atoms with E-state index in [2.05, 4.69) is 44.6 Å². The van der Waals surface area contributed by atoms with Gasteiger partial charge < -0.3 is 15.0 Å². The molecule has 4 aromatic rings. The van der Waals surface area contributed by atoms with Crippen LogP contribution in [0.3, 0.4) is 0 Å². The van der Waals surface area contributed by atoms with E-state index in [1.54, 1.807) is 6.20 Å². The van der Waals surface area contributed by atoms with Gasteiger partial charge >= 0.3 is 0 Å². The molecule has 2 bridgehead atoms. The average Bonchev–Trinajstić information content (AvgIpc) is 3.67. The number of hydrogen-bond acceptors (Lipinski definition) is 5. The molecule has 1 saturated carbocycles. The van der Waals surface area contributed by atoms with E-state index < -0.39 is 0 Å². The number of rotatable bonds is 7. The van der Waals surface area contributed by atoms with Gasteiger partial charge in [0.1, 0.15) is 11.9 Å². The summed E-state index contributed by atoms with van der Waals surface area (Å²) >= 11 is 0. The highest BCUT2D eigenvalue weighted by Gasteiger charge is 2.39. The highest BCUT2D eigenvalue weighted by atomic mass is 16.5. The maximum Gasteiger partial charge on any atom is 0.251 e. The zero-order valence-electron chi connectivity index (χ0n) is 21.6. The number of carbonyl (C=O) groups excluding carboxylic acids is 1. The smallest absolute Gasteiger partial charge is 0.251 e. The first-order valence-corrected chi connectivity index (χ1v) is 13.8. The maximum atomic E-state index is 13.3. The standard InChI is InChI=1S/C31H33N5O2/c1-36-22-10-11-23(36)18-25(17-22)38-24-12-7-19(8-13-24)29-26-16-21(9-14-27(26)34-35-29)31(37)33-30(20-5-6-20)28-4-2-3-15-32-28/h2-4,7-9,12-16,20,22-23,25,30H,5-6,10-11,17-18H2,1H3,(H,33,37)(H,34,35)/t22-,23+,25?,30?. The van der Waals surface area contributed by atoms with Gasteiger partial charge in [-0.3, -0.25) is 14.9 Å². The fraction of sp³-hybridized carbons (Fsp3) is 0.387. The van der Waals surface area contributed by atoms with Gasteiger partial charge in [0, 0.05) is 34.8 Å². The summed E-state index contributed by atoms with van der Waals surface area (Å²) in [7, 11) is 2.25. The van der Waals surface area contributed by atoms with Crippen molar-refractivity contribution >= 4 is 16.8 Å². The SMILES string of the molecule is CN1[C@@H]2CC[C@H]1CC(Oc1ccc(-c3n[nH]c4ccc(C(=O)NC(c5ccccn5)C5CC5)cc34)cc1)C2. The molecule has 2 aromatic carbocycles. The second-order valence-electron chi connectivity index (χ2n) is 11.2. The van der Waals surface area contributed by atoms with Crippen molar-refractivity contribution in [3.05, 3.63) is 78.1 Å². The number of pyridine rings is 1. The van der Waals surface area contributed by atoms with Gasteiger partial charge in [0.05, 0.1) is 22.9 Å². The summed E-state index contributed by atoms with van der Waals surface area (Å²) in [6.45, 7) is 0. The quantitative estimate of drug-likeness (QED) is 0.345. The fourth-order valence-electron chi connectivity index (χ4n) is 6.36. The molecule has 1 aliphatic carbocycles. The largest absolute Gasteiger partial charge is 0.490 e. The number of ether oxygens (including phenoxy) is 1. The summed E-state index contributed by atoms with van der Waals surface area (Å²) in [5, 5.41) is 11.9. The third kappa shape index (κ3) is 4.45. The lowest BCUT2D eigenvalue weighted by molar-refractivity contribution is 0.0662. The number of nitrogens with one attached hydrogen (secondary N) is 2. The van der Waals surface area contributed by atoms with Gasteiger partial charge in [-0.25, -0.2) is 0 Å². The molecule has 2 unspecified atom stereocenters. The molecule has 2 N–H and O–H groups in total. The predicted molar refractivity (Wildman–Crippen MR) is 147 cm³/mol. The van der Waals surface area contributed by atoms with E-state index in [0.717, 1.165) is 59.3 Å². The summed E-state index contributed by atoms with van der Waals surface area (Å²) < 4.78 is 6.38. The summed E-state index contributed by atoms with van der Waals surface area (Å²) in [4.78, 5) is 20.3. The van der Waals surface area contributed by atoms with E-state index in [0.29, 0.717) is 23.6 Å². The van der Waals surface area contributed by atoms with Crippen molar-refractivity contribution in [3.8, 4) is 17.0 Å². The van der Waals surface area contributed by atoms with Crippen LogP contribution in [0.15, 0.2) is 66.9 Å². The number of aromatic amines is 1. The minimum atomic E-state index is -0.0857. The molecule has 1 amide bonds. The molecule has 194 valence electrons. The first-order valence-electron chi connectivity index (χ1n) is 13.8. The van der Waals surface area contributed by atoms with Crippen LogP contribution in [0.4, 0.5) is 0 Å². The molecule has 2 saturated heterocycles. The monoisotopic (exact) mass is 507 g/mol. The molecular formula is C31H33N5O2. The molecule has 0 radical (unpaired) electrons.